The third-order valence-electron chi connectivity index (χ3n) is 4.78. The minimum atomic E-state index is -1.35. The summed E-state index contributed by atoms with van der Waals surface area (Å²) >= 11 is 3.85. The molecular formula is C17H30N4O6S. The van der Waals surface area contributed by atoms with Gasteiger partial charge in [0.25, 0.3) is 0 Å². The van der Waals surface area contributed by atoms with E-state index in [9.17, 15) is 24.3 Å². The molecule has 5 atom stereocenters. The summed E-state index contributed by atoms with van der Waals surface area (Å²) in [5.74, 6) is -3.38. The van der Waals surface area contributed by atoms with Crippen molar-refractivity contribution in [3.05, 3.63) is 0 Å². The minimum Gasteiger partial charge on any atom is -0.480 e. The molecule has 0 aliphatic carbocycles. The SMILES string of the molecule is CCC(C)C(NC(=O)C1CCCN1)C(=O)NC(CO)C(=O)NC(CS)C(=O)O. The first kappa shape index (κ1) is 24.2. The number of carbonyl (C=O) groups is 4. The Bertz CT molecular complexity index is 570. The zero-order valence-corrected chi connectivity index (χ0v) is 17.0. The molecule has 0 spiro atoms. The fourth-order valence-electron chi connectivity index (χ4n) is 2.78. The lowest BCUT2D eigenvalue weighted by molar-refractivity contribution is -0.142. The minimum absolute atomic E-state index is 0.146. The molecule has 1 aliphatic heterocycles. The highest BCUT2D eigenvalue weighted by Crippen LogP contribution is 2.11. The van der Waals surface area contributed by atoms with Gasteiger partial charge >= 0.3 is 5.97 Å². The lowest BCUT2D eigenvalue weighted by Crippen LogP contribution is -2.59. The van der Waals surface area contributed by atoms with Crippen LogP contribution in [0.15, 0.2) is 0 Å². The van der Waals surface area contributed by atoms with Crippen molar-refractivity contribution < 1.29 is 29.4 Å². The summed E-state index contributed by atoms with van der Waals surface area (Å²) in [6.45, 7) is 3.68. The molecule has 6 N–H and O–H groups in total. The Morgan fingerprint density at radius 2 is 1.79 bits per heavy atom. The topological polar surface area (TPSA) is 157 Å². The molecule has 28 heavy (non-hydrogen) atoms. The molecule has 0 aromatic rings. The first-order valence-electron chi connectivity index (χ1n) is 9.34. The highest BCUT2D eigenvalue weighted by Gasteiger charge is 2.33. The summed E-state index contributed by atoms with van der Waals surface area (Å²) in [5, 5.41) is 28.8. The molecule has 1 heterocycles. The maximum absolute atomic E-state index is 12.7. The Morgan fingerprint density at radius 1 is 1.14 bits per heavy atom. The predicted molar refractivity (Wildman–Crippen MR) is 105 cm³/mol. The maximum Gasteiger partial charge on any atom is 0.327 e. The third-order valence-corrected chi connectivity index (χ3v) is 5.15. The number of aliphatic hydroxyl groups is 1. The normalized spacial score (nSPS) is 20.5. The number of nitrogens with one attached hydrogen (secondary N) is 4. The van der Waals surface area contributed by atoms with Crippen molar-refractivity contribution in [2.24, 2.45) is 5.92 Å². The number of aliphatic hydroxyl groups excluding tert-OH is 1. The van der Waals surface area contributed by atoms with Gasteiger partial charge in [-0.2, -0.15) is 12.6 Å². The molecule has 0 aromatic carbocycles. The highest BCUT2D eigenvalue weighted by molar-refractivity contribution is 7.80. The van der Waals surface area contributed by atoms with Gasteiger partial charge in [0.15, 0.2) is 0 Å². The molecule has 160 valence electrons. The molecule has 1 fully saturated rings. The molecule has 1 saturated heterocycles. The number of hydrogen-bond acceptors (Lipinski definition) is 7. The number of carboxylic acids is 1. The van der Waals surface area contributed by atoms with Crippen LogP contribution < -0.4 is 21.3 Å². The number of thiol groups is 1. The van der Waals surface area contributed by atoms with Crippen LogP contribution in [0, 0.1) is 5.92 Å². The summed E-state index contributed by atoms with van der Waals surface area (Å²) in [4.78, 5) is 48.3. The van der Waals surface area contributed by atoms with Crippen LogP contribution >= 0.6 is 12.6 Å². The Balaban J connectivity index is 2.78. The Kier molecular flexibility index (Phi) is 10.3. The van der Waals surface area contributed by atoms with Crippen LogP contribution in [0.4, 0.5) is 0 Å². The van der Waals surface area contributed by atoms with Gasteiger partial charge in [-0.15, -0.1) is 0 Å². The molecule has 3 amide bonds. The van der Waals surface area contributed by atoms with Crippen molar-refractivity contribution >= 4 is 36.3 Å². The van der Waals surface area contributed by atoms with Crippen LogP contribution in [0.1, 0.15) is 33.1 Å². The van der Waals surface area contributed by atoms with Gasteiger partial charge in [-0.1, -0.05) is 20.3 Å². The quantitative estimate of drug-likeness (QED) is 0.196. The van der Waals surface area contributed by atoms with E-state index in [2.05, 4.69) is 33.9 Å². The van der Waals surface area contributed by atoms with E-state index >= 15 is 0 Å². The van der Waals surface area contributed by atoms with E-state index in [1.165, 1.54) is 0 Å². The molecule has 0 aromatic heterocycles. The van der Waals surface area contributed by atoms with E-state index in [4.69, 9.17) is 5.11 Å². The number of rotatable bonds is 11. The van der Waals surface area contributed by atoms with Crippen LogP contribution in [0.25, 0.3) is 0 Å². The van der Waals surface area contributed by atoms with E-state index in [1.807, 2.05) is 6.92 Å². The molecule has 1 rings (SSSR count). The van der Waals surface area contributed by atoms with Gasteiger partial charge in [-0.25, -0.2) is 4.79 Å². The number of hydrogen-bond donors (Lipinski definition) is 7. The molecule has 0 radical (unpaired) electrons. The average molecular weight is 419 g/mol. The van der Waals surface area contributed by atoms with Gasteiger partial charge in [0.05, 0.1) is 12.6 Å². The molecule has 0 bridgehead atoms. The zero-order chi connectivity index (χ0) is 21.3. The van der Waals surface area contributed by atoms with Gasteiger partial charge in [-0.05, 0) is 25.3 Å². The zero-order valence-electron chi connectivity index (χ0n) is 16.1. The summed E-state index contributed by atoms with van der Waals surface area (Å²) in [6, 6.07) is -3.84. The molecule has 1 aliphatic rings. The highest BCUT2D eigenvalue weighted by atomic mass is 32.1. The predicted octanol–water partition coefficient (Wildman–Crippen LogP) is -1.75. The number of amides is 3. The van der Waals surface area contributed by atoms with Crippen molar-refractivity contribution in [1.82, 2.24) is 21.3 Å². The molecule has 5 unspecified atom stereocenters. The second-order valence-corrected chi connectivity index (χ2v) is 7.21. The molecular weight excluding hydrogens is 388 g/mol. The lowest BCUT2D eigenvalue weighted by atomic mass is 9.97. The van der Waals surface area contributed by atoms with Crippen molar-refractivity contribution in [2.45, 2.75) is 57.3 Å². The summed E-state index contributed by atoms with van der Waals surface area (Å²) in [7, 11) is 0. The van der Waals surface area contributed by atoms with E-state index < -0.39 is 42.5 Å². The van der Waals surface area contributed by atoms with Crippen LogP contribution in [0.5, 0.6) is 0 Å². The van der Waals surface area contributed by atoms with Crippen molar-refractivity contribution in [1.29, 1.82) is 0 Å². The molecule has 10 nitrogen and oxygen atoms in total. The molecule has 0 saturated carbocycles. The lowest BCUT2D eigenvalue weighted by Gasteiger charge is -2.27. The third kappa shape index (κ3) is 6.95. The van der Waals surface area contributed by atoms with E-state index in [1.54, 1.807) is 6.92 Å². The first-order chi connectivity index (χ1) is 13.2. The Hall–Kier alpha value is -1.85. The van der Waals surface area contributed by atoms with Crippen LogP contribution in [-0.2, 0) is 19.2 Å². The second-order valence-electron chi connectivity index (χ2n) is 6.85. The van der Waals surface area contributed by atoms with Gasteiger partial charge in [0.1, 0.15) is 18.1 Å². The maximum atomic E-state index is 12.7. The fraction of sp³-hybridized carbons (Fsp3) is 0.765. The standard InChI is InChI=1S/C17H30N4O6S/c1-3-9(2)13(21-14(23)10-5-4-6-18-10)16(25)19-11(7-22)15(24)20-12(8-28)17(26)27/h9-13,18,22,28H,3-8H2,1-2H3,(H,19,25)(H,20,24)(H,21,23)(H,26,27). The van der Waals surface area contributed by atoms with Crippen LogP contribution in [0.3, 0.4) is 0 Å². The van der Waals surface area contributed by atoms with Crippen molar-refractivity contribution in [2.75, 3.05) is 18.9 Å². The smallest absolute Gasteiger partial charge is 0.327 e. The Morgan fingerprint density at radius 3 is 2.25 bits per heavy atom. The second kappa shape index (κ2) is 11.9. The summed E-state index contributed by atoms with van der Waals surface area (Å²) < 4.78 is 0. The average Bonchev–Trinajstić information content (AvgIpc) is 3.21. The van der Waals surface area contributed by atoms with Gasteiger partial charge in [-0.3, -0.25) is 14.4 Å². The number of carbonyl (C=O) groups excluding carboxylic acids is 3. The van der Waals surface area contributed by atoms with Crippen molar-refractivity contribution in [3.63, 3.8) is 0 Å². The Labute approximate surface area is 169 Å². The van der Waals surface area contributed by atoms with Crippen molar-refractivity contribution in [3.8, 4) is 0 Å². The van der Waals surface area contributed by atoms with Gasteiger partial charge in [0.2, 0.25) is 17.7 Å². The van der Waals surface area contributed by atoms with Gasteiger partial charge in [0, 0.05) is 5.75 Å². The monoisotopic (exact) mass is 418 g/mol. The van der Waals surface area contributed by atoms with Gasteiger partial charge < -0.3 is 31.5 Å². The molecule has 11 heteroatoms. The first-order valence-corrected chi connectivity index (χ1v) is 9.97. The largest absolute Gasteiger partial charge is 0.480 e. The van der Waals surface area contributed by atoms with E-state index in [0.717, 1.165) is 13.0 Å². The summed E-state index contributed by atoms with van der Waals surface area (Å²) in [5.41, 5.74) is 0. The van der Waals surface area contributed by atoms with E-state index in [-0.39, 0.29) is 23.6 Å². The number of carboxylic acid groups (broad SMARTS) is 1. The number of aliphatic carboxylic acids is 1. The van der Waals surface area contributed by atoms with Crippen LogP contribution in [-0.4, -0.2) is 77.0 Å². The fourth-order valence-corrected chi connectivity index (χ4v) is 3.02. The van der Waals surface area contributed by atoms with E-state index in [0.29, 0.717) is 12.8 Å². The summed E-state index contributed by atoms with van der Waals surface area (Å²) in [6.07, 6.45) is 2.16. The van der Waals surface area contributed by atoms with Crippen LogP contribution in [0.2, 0.25) is 0 Å².